The van der Waals surface area contributed by atoms with E-state index in [2.05, 4.69) is 10.6 Å². The minimum Gasteiger partial charge on any atom is -0.480 e. The van der Waals surface area contributed by atoms with Gasteiger partial charge in [-0.15, -0.1) is 0 Å². The minimum atomic E-state index is -1.27. The van der Waals surface area contributed by atoms with Crippen LogP contribution in [-0.2, 0) is 4.79 Å². The van der Waals surface area contributed by atoms with Gasteiger partial charge < -0.3 is 25.7 Å². The van der Waals surface area contributed by atoms with E-state index in [0.717, 1.165) is 0 Å². The Kier molecular flexibility index (Phi) is 7.24. The van der Waals surface area contributed by atoms with Crippen molar-refractivity contribution < 1.29 is 19.8 Å². The van der Waals surface area contributed by atoms with E-state index in [1.54, 1.807) is 0 Å². The second-order valence-corrected chi connectivity index (χ2v) is 4.05. The molecular formula is C10H21N3O4. The van der Waals surface area contributed by atoms with Crippen LogP contribution in [0.15, 0.2) is 0 Å². The lowest BCUT2D eigenvalue weighted by Crippen LogP contribution is -2.49. The molecule has 0 aromatic rings. The number of aliphatic hydroxyl groups is 1. The molecule has 0 fully saturated rings. The maximum absolute atomic E-state index is 11.3. The average molecular weight is 247 g/mol. The van der Waals surface area contributed by atoms with Gasteiger partial charge in [-0.3, -0.25) is 0 Å². The Morgan fingerprint density at radius 1 is 1.35 bits per heavy atom. The molecule has 0 unspecified atom stereocenters. The Hall–Kier alpha value is -1.34. The number of amides is 2. The topological polar surface area (TPSA) is 102 Å². The molecule has 0 aromatic carbocycles. The highest BCUT2D eigenvalue weighted by Gasteiger charge is 2.18. The van der Waals surface area contributed by atoms with Crippen LogP contribution >= 0.6 is 0 Å². The largest absolute Gasteiger partial charge is 0.480 e. The summed E-state index contributed by atoms with van der Waals surface area (Å²) in [5.74, 6) is -1.26. The first-order valence-corrected chi connectivity index (χ1v) is 5.46. The number of likely N-dealkylation sites (N-methyl/N-ethyl adjacent to an activating group) is 1. The van der Waals surface area contributed by atoms with E-state index in [1.165, 1.54) is 0 Å². The molecule has 7 heteroatoms. The van der Waals surface area contributed by atoms with Crippen LogP contribution in [0, 0.1) is 0 Å². The number of carboxylic acid groups (broad SMARTS) is 1. The van der Waals surface area contributed by atoms with E-state index in [-0.39, 0.29) is 0 Å². The third kappa shape index (κ3) is 6.75. The summed E-state index contributed by atoms with van der Waals surface area (Å²) in [6.45, 7) is 4.52. The number of hydrogen-bond donors (Lipinski definition) is 4. The number of hydrogen-bond acceptors (Lipinski definition) is 4. The predicted molar refractivity (Wildman–Crippen MR) is 62.8 cm³/mol. The predicted octanol–water partition coefficient (Wildman–Crippen LogP) is -0.929. The maximum atomic E-state index is 11.3. The summed E-state index contributed by atoms with van der Waals surface area (Å²) in [7, 11) is 1.93. The van der Waals surface area contributed by atoms with Gasteiger partial charge in [0.25, 0.3) is 0 Å². The van der Waals surface area contributed by atoms with Gasteiger partial charge in [0.1, 0.15) is 0 Å². The molecule has 0 aromatic heterocycles. The molecular weight excluding hydrogens is 226 g/mol. The fraction of sp³-hybridized carbons (Fsp3) is 0.800. The van der Waals surface area contributed by atoms with Crippen molar-refractivity contribution in [3.05, 3.63) is 0 Å². The molecule has 0 saturated heterocycles. The van der Waals surface area contributed by atoms with Crippen molar-refractivity contribution in [3.63, 3.8) is 0 Å². The van der Waals surface area contributed by atoms with Gasteiger partial charge in [0.2, 0.25) is 0 Å². The van der Waals surface area contributed by atoms with E-state index in [0.29, 0.717) is 19.1 Å². The SMILES string of the molecule is CC(C)N(C)CCNC(=O)N[C@H](CO)C(=O)O. The average Bonchev–Trinajstić information content (AvgIpc) is 2.25. The lowest BCUT2D eigenvalue weighted by atomic mass is 10.3. The molecule has 0 rings (SSSR count). The van der Waals surface area contributed by atoms with Crippen LogP contribution in [0.4, 0.5) is 4.79 Å². The van der Waals surface area contributed by atoms with Gasteiger partial charge in [-0.25, -0.2) is 9.59 Å². The normalized spacial score (nSPS) is 12.6. The molecule has 7 nitrogen and oxygen atoms in total. The zero-order chi connectivity index (χ0) is 13.4. The molecule has 4 N–H and O–H groups in total. The number of rotatable bonds is 7. The second-order valence-electron chi connectivity index (χ2n) is 4.05. The van der Waals surface area contributed by atoms with Crippen LogP contribution in [0.2, 0.25) is 0 Å². The van der Waals surface area contributed by atoms with Gasteiger partial charge in [-0.1, -0.05) is 0 Å². The van der Waals surface area contributed by atoms with Crippen LogP contribution in [0.25, 0.3) is 0 Å². The van der Waals surface area contributed by atoms with Crippen LogP contribution < -0.4 is 10.6 Å². The maximum Gasteiger partial charge on any atom is 0.328 e. The molecule has 100 valence electrons. The summed E-state index contributed by atoms with van der Waals surface area (Å²) < 4.78 is 0. The number of aliphatic carboxylic acids is 1. The summed E-state index contributed by atoms with van der Waals surface area (Å²) in [4.78, 5) is 23.8. The Balaban J connectivity index is 3.83. The standard InChI is InChI=1S/C10H21N3O4/c1-7(2)13(3)5-4-11-10(17)12-8(6-14)9(15)16/h7-8,14H,4-6H2,1-3H3,(H,15,16)(H2,11,12,17)/t8-/m1/s1. The number of carbonyl (C=O) groups is 2. The van der Waals surface area contributed by atoms with E-state index >= 15 is 0 Å². The van der Waals surface area contributed by atoms with Crippen molar-refractivity contribution in [1.29, 1.82) is 0 Å². The molecule has 2 amide bonds. The summed E-state index contributed by atoms with van der Waals surface area (Å²) >= 11 is 0. The molecule has 0 heterocycles. The number of aliphatic hydroxyl groups excluding tert-OH is 1. The van der Waals surface area contributed by atoms with Gasteiger partial charge in [-0.2, -0.15) is 0 Å². The Morgan fingerprint density at radius 2 is 1.94 bits per heavy atom. The van der Waals surface area contributed by atoms with Crippen LogP contribution in [0.5, 0.6) is 0 Å². The number of nitrogens with one attached hydrogen (secondary N) is 2. The van der Waals surface area contributed by atoms with Gasteiger partial charge in [-0.05, 0) is 20.9 Å². The monoisotopic (exact) mass is 247 g/mol. The molecule has 0 bridgehead atoms. The highest BCUT2D eigenvalue weighted by molar-refractivity contribution is 5.82. The molecule has 0 radical (unpaired) electrons. The van der Waals surface area contributed by atoms with Crippen molar-refractivity contribution in [2.24, 2.45) is 0 Å². The third-order valence-corrected chi connectivity index (χ3v) is 2.42. The zero-order valence-corrected chi connectivity index (χ0v) is 10.4. The first kappa shape index (κ1) is 15.7. The van der Waals surface area contributed by atoms with E-state index in [9.17, 15) is 9.59 Å². The molecule has 17 heavy (non-hydrogen) atoms. The second kappa shape index (κ2) is 7.86. The highest BCUT2D eigenvalue weighted by Crippen LogP contribution is 1.90. The Labute approximate surface area is 101 Å². The van der Waals surface area contributed by atoms with E-state index in [4.69, 9.17) is 10.2 Å². The van der Waals surface area contributed by atoms with Gasteiger partial charge in [0, 0.05) is 19.1 Å². The number of carbonyl (C=O) groups excluding carboxylic acids is 1. The van der Waals surface area contributed by atoms with Crippen molar-refractivity contribution >= 4 is 12.0 Å². The fourth-order valence-electron chi connectivity index (χ4n) is 0.999. The van der Waals surface area contributed by atoms with Crippen molar-refractivity contribution in [1.82, 2.24) is 15.5 Å². The van der Waals surface area contributed by atoms with Crippen LogP contribution in [0.3, 0.4) is 0 Å². The zero-order valence-electron chi connectivity index (χ0n) is 10.4. The Bertz CT molecular complexity index is 258. The molecule has 0 aliphatic heterocycles. The quantitative estimate of drug-likeness (QED) is 0.465. The number of carboxylic acids is 1. The summed E-state index contributed by atoms with van der Waals surface area (Å²) in [5.41, 5.74) is 0. The first-order chi connectivity index (χ1) is 7.88. The number of nitrogens with zero attached hydrogens (tertiary/aromatic N) is 1. The first-order valence-electron chi connectivity index (χ1n) is 5.46. The van der Waals surface area contributed by atoms with Crippen molar-refractivity contribution in [2.75, 3.05) is 26.7 Å². The van der Waals surface area contributed by atoms with Crippen LogP contribution in [0.1, 0.15) is 13.8 Å². The van der Waals surface area contributed by atoms with Gasteiger partial charge >= 0.3 is 12.0 Å². The molecule has 0 aliphatic carbocycles. The Morgan fingerprint density at radius 3 is 2.35 bits per heavy atom. The lowest BCUT2D eigenvalue weighted by Gasteiger charge is -2.21. The third-order valence-electron chi connectivity index (χ3n) is 2.42. The van der Waals surface area contributed by atoms with Gasteiger partial charge in [0.05, 0.1) is 6.61 Å². The van der Waals surface area contributed by atoms with Gasteiger partial charge in [0.15, 0.2) is 6.04 Å². The molecule has 0 saturated carbocycles. The summed E-state index contributed by atoms with van der Waals surface area (Å²) in [6, 6.07) is -1.48. The molecule has 1 atom stereocenters. The van der Waals surface area contributed by atoms with Crippen molar-refractivity contribution in [3.8, 4) is 0 Å². The number of urea groups is 1. The molecule has 0 spiro atoms. The van der Waals surface area contributed by atoms with Crippen molar-refractivity contribution in [2.45, 2.75) is 25.9 Å². The smallest absolute Gasteiger partial charge is 0.328 e. The highest BCUT2D eigenvalue weighted by atomic mass is 16.4. The fourth-order valence-corrected chi connectivity index (χ4v) is 0.999. The van der Waals surface area contributed by atoms with E-state index in [1.807, 2.05) is 25.8 Å². The van der Waals surface area contributed by atoms with E-state index < -0.39 is 24.6 Å². The molecule has 0 aliphatic rings. The summed E-state index contributed by atoms with van der Waals surface area (Å²) in [6.07, 6.45) is 0. The minimum absolute atomic E-state index is 0.379. The van der Waals surface area contributed by atoms with Crippen LogP contribution in [-0.4, -0.2) is 65.9 Å². The summed E-state index contributed by atoms with van der Waals surface area (Å²) in [5, 5.41) is 22.0. The lowest BCUT2D eigenvalue weighted by molar-refractivity contribution is -0.140.